The minimum Gasteiger partial charge on any atom is -0.411 e. The summed E-state index contributed by atoms with van der Waals surface area (Å²) in [6.07, 6.45) is 5.06. The molecular formula is C18H17ClN6O2S. The van der Waals surface area contributed by atoms with Crippen molar-refractivity contribution in [3.8, 4) is 11.5 Å². The van der Waals surface area contributed by atoms with Crippen LogP contribution in [0.25, 0.3) is 11.5 Å². The summed E-state index contributed by atoms with van der Waals surface area (Å²) in [6.45, 7) is 2.76. The van der Waals surface area contributed by atoms with Crippen LogP contribution in [0.4, 0.5) is 5.82 Å². The molecule has 1 aliphatic heterocycles. The Morgan fingerprint density at radius 3 is 2.61 bits per heavy atom. The van der Waals surface area contributed by atoms with E-state index in [1.54, 1.807) is 30.7 Å². The van der Waals surface area contributed by atoms with Gasteiger partial charge < -0.3 is 14.2 Å². The van der Waals surface area contributed by atoms with Gasteiger partial charge in [-0.1, -0.05) is 23.4 Å². The van der Waals surface area contributed by atoms with Crippen LogP contribution in [0.3, 0.4) is 0 Å². The first-order valence-electron chi connectivity index (χ1n) is 8.70. The molecule has 4 rings (SSSR count). The number of benzene rings is 1. The fourth-order valence-corrected chi connectivity index (χ4v) is 3.62. The van der Waals surface area contributed by atoms with Crippen molar-refractivity contribution >= 4 is 35.1 Å². The van der Waals surface area contributed by atoms with Gasteiger partial charge in [0.2, 0.25) is 11.8 Å². The van der Waals surface area contributed by atoms with Gasteiger partial charge in [-0.15, -0.1) is 10.2 Å². The van der Waals surface area contributed by atoms with E-state index in [1.807, 2.05) is 17.0 Å². The third kappa shape index (κ3) is 4.42. The summed E-state index contributed by atoms with van der Waals surface area (Å²) in [6, 6.07) is 7.15. The molecule has 1 aromatic carbocycles. The highest BCUT2D eigenvalue weighted by Crippen LogP contribution is 2.24. The largest absolute Gasteiger partial charge is 0.411 e. The summed E-state index contributed by atoms with van der Waals surface area (Å²) in [5.41, 5.74) is 0.787. The van der Waals surface area contributed by atoms with Gasteiger partial charge in [-0.3, -0.25) is 9.78 Å². The molecule has 3 heterocycles. The van der Waals surface area contributed by atoms with Gasteiger partial charge in [-0.25, -0.2) is 4.98 Å². The Kier molecular flexibility index (Phi) is 5.73. The molecule has 10 heteroatoms. The number of amides is 1. The van der Waals surface area contributed by atoms with Crippen LogP contribution < -0.4 is 4.90 Å². The van der Waals surface area contributed by atoms with E-state index in [0.717, 1.165) is 24.5 Å². The monoisotopic (exact) mass is 416 g/mol. The van der Waals surface area contributed by atoms with E-state index in [4.69, 9.17) is 16.0 Å². The maximum Gasteiger partial charge on any atom is 0.277 e. The second-order valence-corrected chi connectivity index (χ2v) is 7.46. The molecule has 0 N–H and O–H groups in total. The van der Waals surface area contributed by atoms with Crippen molar-refractivity contribution in [3.63, 3.8) is 0 Å². The Hall–Kier alpha value is -2.65. The minimum atomic E-state index is 0.0510. The summed E-state index contributed by atoms with van der Waals surface area (Å²) in [5, 5.41) is 9.04. The molecule has 0 radical (unpaired) electrons. The van der Waals surface area contributed by atoms with Crippen LogP contribution in [0, 0.1) is 0 Å². The van der Waals surface area contributed by atoms with Gasteiger partial charge in [0.25, 0.3) is 5.22 Å². The summed E-state index contributed by atoms with van der Waals surface area (Å²) in [7, 11) is 0. The Bertz CT molecular complexity index is 929. The third-order valence-corrected chi connectivity index (χ3v) is 5.38. The number of anilines is 1. The molecule has 1 fully saturated rings. The number of hydrogen-bond donors (Lipinski definition) is 0. The second-order valence-electron chi connectivity index (χ2n) is 6.10. The van der Waals surface area contributed by atoms with Crippen LogP contribution in [-0.2, 0) is 4.79 Å². The number of rotatable bonds is 5. The lowest BCUT2D eigenvalue weighted by molar-refractivity contribution is -0.128. The lowest BCUT2D eigenvalue weighted by Crippen LogP contribution is -2.49. The van der Waals surface area contributed by atoms with Crippen molar-refractivity contribution in [1.29, 1.82) is 0 Å². The summed E-state index contributed by atoms with van der Waals surface area (Å²) >= 11 is 7.13. The van der Waals surface area contributed by atoms with E-state index < -0.39 is 0 Å². The van der Waals surface area contributed by atoms with Crippen LogP contribution in [0.2, 0.25) is 5.02 Å². The van der Waals surface area contributed by atoms with Crippen molar-refractivity contribution in [2.75, 3.05) is 36.8 Å². The molecule has 8 nitrogen and oxygen atoms in total. The lowest BCUT2D eigenvalue weighted by Gasteiger charge is -2.35. The van der Waals surface area contributed by atoms with Gasteiger partial charge in [0.15, 0.2) is 0 Å². The molecule has 0 spiro atoms. The molecule has 2 aromatic heterocycles. The van der Waals surface area contributed by atoms with Crippen LogP contribution in [-0.4, -0.2) is 62.9 Å². The number of carbonyl (C=O) groups is 1. The van der Waals surface area contributed by atoms with Gasteiger partial charge in [0.1, 0.15) is 5.82 Å². The van der Waals surface area contributed by atoms with Gasteiger partial charge in [0, 0.05) is 49.2 Å². The molecule has 0 atom stereocenters. The molecule has 0 unspecified atom stereocenters. The lowest BCUT2D eigenvalue weighted by atomic mass is 10.2. The van der Waals surface area contributed by atoms with Gasteiger partial charge in [0.05, 0.1) is 11.9 Å². The summed E-state index contributed by atoms with van der Waals surface area (Å²) in [5.74, 6) is 1.55. The average molecular weight is 417 g/mol. The zero-order valence-electron chi connectivity index (χ0n) is 14.9. The smallest absolute Gasteiger partial charge is 0.277 e. The molecule has 1 saturated heterocycles. The van der Waals surface area contributed by atoms with E-state index in [0.29, 0.717) is 29.2 Å². The minimum absolute atomic E-state index is 0.0510. The van der Waals surface area contributed by atoms with Crippen LogP contribution in [0.5, 0.6) is 0 Å². The molecule has 0 saturated carbocycles. The maximum atomic E-state index is 12.5. The van der Waals surface area contributed by atoms with Gasteiger partial charge in [-0.05, 0) is 24.3 Å². The van der Waals surface area contributed by atoms with E-state index in [1.165, 1.54) is 11.8 Å². The number of thioether (sulfide) groups is 1. The molecule has 3 aromatic rings. The average Bonchev–Trinajstić information content (AvgIpc) is 3.22. The fourth-order valence-electron chi connectivity index (χ4n) is 2.83. The molecule has 1 amide bonds. The van der Waals surface area contributed by atoms with Crippen molar-refractivity contribution in [2.45, 2.75) is 5.22 Å². The van der Waals surface area contributed by atoms with E-state index in [-0.39, 0.29) is 11.7 Å². The standard InChI is InChI=1S/C18H17ClN6O2S/c19-14-3-1-13(2-4-14)17-22-23-18(27-17)28-12-16(26)25-9-7-24(8-10-25)15-11-20-5-6-21-15/h1-6,11H,7-10,12H2. The molecule has 0 bridgehead atoms. The predicted octanol–water partition coefficient (Wildman–Crippen LogP) is 2.62. The van der Waals surface area contributed by atoms with E-state index in [9.17, 15) is 4.79 Å². The Balaban J connectivity index is 1.28. The van der Waals surface area contributed by atoms with Crippen LogP contribution in [0.15, 0.2) is 52.5 Å². The number of carbonyl (C=O) groups excluding carboxylic acids is 1. The molecule has 1 aliphatic rings. The number of aromatic nitrogens is 4. The zero-order chi connectivity index (χ0) is 19.3. The highest BCUT2D eigenvalue weighted by molar-refractivity contribution is 7.99. The molecule has 0 aliphatic carbocycles. The first-order valence-corrected chi connectivity index (χ1v) is 10.1. The third-order valence-electron chi connectivity index (χ3n) is 4.32. The van der Waals surface area contributed by atoms with Crippen molar-refractivity contribution in [2.24, 2.45) is 0 Å². The van der Waals surface area contributed by atoms with Crippen LogP contribution in [0.1, 0.15) is 0 Å². The van der Waals surface area contributed by atoms with Crippen molar-refractivity contribution < 1.29 is 9.21 Å². The van der Waals surface area contributed by atoms with Gasteiger partial charge in [-0.2, -0.15) is 0 Å². The summed E-state index contributed by atoms with van der Waals surface area (Å²) < 4.78 is 5.63. The Morgan fingerprint density at radius 1 is 1.11 bits per heavy atom. The maximum absolute atomic E-state index is 12.5. The van der Waals surface area contributed by atoms with E-state index in [2.05, 4.69) is 25.1 Å². The molecular weight excluding hydrogens is 400 g/mol. The highest BCUT2D eigenvalue weighted by Gasteiger charge is 2.22. The van der Waals surface area contributed by atoms with Crippen molar-refractivity contribution in [1.82, 2.24) is 25.1 Å². The number of halogens is 1. The van der Waals surface area contributed by atoms with Crippen molar-refractivity contribution in [3.05, 3.63) is 47.9 Å². The van der Waals surface area contributed by atoms with Gasteiger partial charge >= 0.3 is 0 Å². The topological polar surface area (TPSA) is 88.3 Å². The quantitative estimate of drug-likeness (QED) is 0.586. The SMILES string of the molecule is O=C(CSc1nnc(-c2ccc(Cl)cc2)o1)N1CCN(c2cnccn2)CC1. The zero-order valence-corrected chi connectivity index (χ0v) is 16.4. The normalized spacial score (nSPS) is 14.3. The molecule has 144 valence electrons. The first-order chi connectivity index (χ1) is 13.7. The first kappa shape index (κ1) is 18.7. The summed E-state index contributed by atoms with van der Waals surface area (Å²) in [4.78, 5) is 24.8. The Labute approximate surface area is 170 Å². The molecule has 28 heavy (non-hydrogen) atoms. The number of hydrogen-bond acceptors (Lipinski definition) is 8. The number of piperazine rings is 1. The predicted molar refractivity (Wildman–Crippen MR) is 106 cm³/mol. The Morgan fingerprint density at radius 2 is 1.89 bits per heavy atom. The highest BCUT2D eigenvalue weighted by atomic mass is 35.5. The van der Waals surface area contributed by atoms with E-state index >= 15 is 0 Å². The van der Waals surface area contributed by atoms with Crippen LogP contribution >= 0.6 is 23.4 Å². The fraction of sp³-hybridized carbons (Fsp3) is 0.278. The second kappa shape index (κ2) is 8.57. The number of nitrogens with zero attached hydrogens (tertiary/aromatic N) is 6.